The van der Waals surface area contributed by atoms with Crippen LogP contribution in [-0.2, 0) is 6.42 Å². The van der Waals surface area contributed by atoms with E-state index in [0.717, 1.165) is 32.4 Å². The van der Waals surface area contributed by atoms with Gasteiger partial charge in [-0.15, -0.1) is 0 Å². The molecule has 0 saturated carbocycles. The molecule has 1 aromatic carbocycles. The van der Waals surface area contributed by atoms with Crippen LogP contribution in [0, 0.1) is 12.8 Å². The van der Waals surface area contributed by atoms with E-state index in [1.807, 2.05) is 11.8 Å². The highest BCUT2D eigenvalue weighted by Gasteiger charge is 2.24. The molecule has 1 saturated heterocycles. The molecule has 0 atom stereocenters. The second-order valence-corrected chi connectivity index (χ2v) is 5.96. The molecule has 114 valence electrons. The molecular formula is C18H21N3O. The van der Waals surface area contributed by atoms with Crippen LogP contribution in [0.1, 0.15) is 34.5 Å². The number of amides is 1. The summed E-state index contributed by atoms with van der Waals surface area (Å²) < 4.78 is 0. The summed E-state index contributed by atoms with van der Waals surface area (Å²) in [5.41, 5.74) is 2.77. The van der Waals surface area contributed by atoms with Crippen LogP contribution in [-0.4, -0.2) is 34.1 Å². The summed E-state index contributed by atoms with van der Waals surface area (Å²) in [4.78, 5) is 14.5. The summed E-state index contributed by atoms with van der Waals surface area (Å²) >= 11 is 0. The summed E-state index contributed by atoms with van der Waals surface area (Å²) in [6, 6.07) is 12.4. The molecule has 4 heteroatoms. The van der Waals surface area contributed by atoms with Crippen LogP contribution in [0.4, 0.5) is 0 Å². The number of hydrogen-bond acceptors (Lipinski definition) is 3. The first kappa shape index (κ1) is 14.7. The highest BCUT2D eigenvalue weighted by molar-refractivity contribution is 5.95. The molecule has 2 heterocycles. The molecule has 0 spiro atoms. The molecular weight excluding hydrogens is 274 g/mol. The zero-order chi connectivity index (χ0) is 15.4. The molecule has 1 aliphatic rings. The van der Waals surface area contributed by atoms with Crippen molar-refractivity contribution in [3.63, 3.8) is 0 Å². The average molecular weight is 295 g/mol. The number of nitrogens with zero attached hydrogens (tertiary/aromatic N) is 3. The van der Waals surface area contributed by atoms with Crippen molar-refractivity contribution in [3.8, 4) is 0 Å². The molecule has 22 heavy (non-hydrogen) atoms. The summed E-state index contributed by atoms with van der Waals surface area (Å²) in [6.45, 7) is 3.50. The smallest absolute Gasteiger partial charge is 0.255 e. The molecule has 1 aromatic heterocycles. The van der Waals surface area contributed by atoms with Crippen molar-refractivity contribution in [1.29, 1.82) is 0 Å². The first-order valence-electron chi connectivity index (χ1n) is 7.85. The number of carbonyl (C=O) groups is 1. The maximum absolute atomic E-state index is 12.5. The van der Waals surface area contributed by atoms with Gasteiger partial charge in [0.1, 0.15) is 0 Å². The van der Waals surface area contributed by atoms with Gasteiger partial charge >= 0.3 is 0 Å². The van der Waals surface area contributed by atoms with Gasteiger partial charge in [0.2, 0.25) is 0 Å². The lowest BCUT2D eigenvalue weighted by atomic mass is 9.90. The maximum Gasteiger partial charge on any atom is 0.255 e. The van der Waals surface area contributed by atoms with Gasteiger partial charge in [-0.25, -0.2) is 0 Å². The zero-order valence-electron chi connectivity index (χ0n) is 12.9. The van der Waals surface area contributed by atoms with E-state index in [4.69, 9.17) is 0 Å². The first-order valence-corrected chi connectivity index (χ1v) is 7.85. The molecule has 1 amide bonds. The minimum Gasteiger partial charge on any atom is -0.339 e. The fourth-order valence-corrected chi connectivity index (χ4v) is 3.09. The van der Waals surface area contributed by atoms with Crippen LogP contribution in [0.2, 0.25) is 0 Å². The molecule has 0 unspecified atom stereocenters. The standard InChI is InChI=1S/C18H21N3O/c1-14-17(7-10-19-20-14)18(22)21-11-8-16(9-12-21)13-15-5-3-2-4-6-15/h2-7,10,16H,8-9,11-13H2,1H3. The molecule has 1 fully saturated rings. The van der Waals surface area contributed by atoms with Crippen LogP contribution in [0.3, 0.4) is 0 Å². The molecule has 0 radical (unpaired) electrons. The quantitative estimate of drug-likeness (QED) is 0.874. The van der Waals surface area contributed by atoms with Gasteiger partial charge in [0, 0.05) is 13.1 Å². The van der Waals surface area contributed by atoms with Gasteiger partial charge in [-0.3, -0.25) is 4.79 Å². The van der Waals surface area contributed by atoms with Crippen molar-refractivity contribution in [2.45, 2.75) is 26.2 Å². The number of aryl methyl sites for hydroxylation is 1. The fraction of sp³-hybridized carbons (Fsp3) is 0.389. The molecule has 3 rings (SSSR count). The van der Waals surface area contributed by atoms with Gasteiger partial charge in [-0.05, 0) is 43.7 Å². The Balaban J connectivity index is 1.58. The van der Waals surface area contributed by atoms with Crippen molar-refractivity contribution in [2.24, 2.45) is 5.92 Å². The molecule has 4 nitrogen and oxygen atoms in total. The number of likely N-dealkylation sites (tertiary alicyclic amines) is 1. The molecule has 0 bridgehead atoms. The Morgan fingerprint density at radius 2 is 1.91 bits per heavy atom. The predicted octanol–water partition coefficient (Wildman–Crippen LogP) is 2.88. The lowest BCUT2D eigenvalue weighted by Crippen LogP contribution is -2.39. The van der Waals surface area contributed by atoms with Crippen molar-refractivity contribution in [3.05, 3.63) is 59.4 Å². The summed E-state index contributed by atoms with van der Waals surface area (Å²) in [7, 11) is 0. The molecule has 2 aromatic rings. The van der Waals surface area contributed by atoms with Gasteiger partial charge < -0.3 is 4.90 Å². The number of benzene rings is 1. The van der Waals surface area contributed by atoms with E-state index in [-0.39, 0.29) is 5.91 Å². The van der Waals surface area contributed by atoms with Crippen molar-refractivity contribution in [1.82, 2.24) is 15.1 Å². The Kier molecular flexibility index (Phi) is 4.47. The van der Waals surface area contributed by atoms with E-state index in [9.17, 15) is 4.79 Å². The number of rotatable bonds is 3. The molecule has 0 aliphatic carbocycles. The average Bonchev–Trinajstić information content (AvgIpc) is 2.56. The number of piperidine rings is 1. The molecule has 0 N–H and O–H groups in total. The minimum absolute atomic E-state index is 0.0885. The SMILES string of the molecule is Cc1nnccc1C(=O)N1CCC(Cc2ccccc2)CC1. The largest absolute Gasteiger partial charge is 0.339 e. The third kappa shape index (κ3) is 3.32. The molecule has 1 aliphatic heterocycles. The second kappa shape index (κ2) is 6.69. The normalized spacial score (nSPS) is 15.8. The number of carbonyl (C=O) groups excluding carboxylic acids is 1. The Labute approximate surface area is 131 Å². The van der Waals surface area contributed by atoms with E-state index in [1.54, 1.807) is 12.3 Å². The summed E-state index contributed by atoms with van der Waals surface area (Å²) in [6.07, 6.45) is 4.83. The summed E-state index contributed by atoms with van der Waals surface area (Å²) in [5, 5.41) is 7.78. The van der Waals surface area contributed by atoms with Gasteiger partial charge in [0.05, 0.1) is 17.5 Å². The second-order valence-electron chi connectivity index (χ2n) is 5.96. The van der Waals surface area contributed by atoms with Gasteiger partial charge in [-0.2, -0.15) is 10.2 Å². The van der Waals surface area contributed by atoms with E-state index in [0.29, 0.717) is 17.2 Å². The first-order chi connectivity index (χ1) is 10.7. The predicted molar refractivity (Wildman–Crippen MR) is 85.5 cm³/mol. The van der Waals surface area contributed by atoms with E-state index in [1.165, 1.54) is 5.56 Å². The fourth-order valence-electron chi connectivity index (χ4n) is 3.09. The monoisotopic (exact) mass is 295 g/mol. The highest BCUT2D eigenvalue weighted by Crippen LogP contribution is 2.23. The van der Waals surface area contributed by atoms with Crippen LogP contribution >= 0.6 is 0 Å². The highest BCUT2D eigenvalue weighted by atomic mass is 16.2. The summed E-state index contributed by atoms with van der Waals surface area (Å²) in [5.74, 6) is 0.758. The van der Waals surface area contributed by atoms with Crippen molar-refractivity contribution in [2.75, 3.05) is 13.1 Å². The Bertz CT molecular complexity index is 634. The van der Waals surface area contributed by atoms with Gasteiger partial charge in [-0.1, -0.05) is 30.3 Å². The third-order valence-corrected chi connectivity index (χ3v) is 4.40. The topological polar surface area (TPSA) is 46.1 Å². The third-order valence-electron chi connectivity index (χ3n) is 4.40. The Hall–Kier alpha value is -2.23. The lowest BCUT2D eigenvalue weighted by molar-refractivity contribution is 0.0689. The van der Waals surface area contributed by atoms with Crippen LogP contribution in [0.5, 0.6) is 0 Å². The van der Waals surface area contributed by atoms with Crippen molar-refractivity contribution >= 4 is 5.91 Å². The van der Waals surface area contributed by atoms with Gasteiger partial charge in [0.25, 0.3) is 5.91 Å². The van der Waals surface area contributed by atoms with E-state index < -0.39 is 0 Å². The van der Waals surface area contributed by atoms with Crippen molar-refractivity contribution < 1.29 is 4.79 Å². The maximum atomic E-state index is 12.5. The van der Waals surface area contributed by atoms with Crippen LogP contribution < -0.4 is 0 Å². The van der Waals surface area contributed by atoms with E-state index in [2.05, 4.69) is 40.5 Å². The number of hydrogen-bond donors (Lipinski definition) is 0. The van der Waals surface area contributed by atoms with Crippen LogP contribution in [0.25, 0.3) is 0 Å². The Morgan fingerprint density at radius 1 is 1.18 bits per heavy atom. The lowest BCUT2D eigenvalue weighted by Gasteiger charge is -2.32. The number of aromatic nitrogens is 2. The van der Waals surface area contributed by atoms with Gasteiger partial charge in [0.15, 0.2) is 0 Å². The Morgan fingerprint density at radius 3 is 2.59 bits per heavy atom. The minimum atomic E-state index is 0.0885. The van der Waals surface area contributed by atoms with Crippen LogP contribution in [0.15, 0.2) is 42.6 Å². The van der Waals surface area contributed by atoms with E-state index >= 15 is 0 Å². The zero-order valence-corrected chi connectivity index (χ0v) is 12.9.